The van der Waals surface area contributed by atoms with Crippen LogP contribution in [0.3, 0.4) is 0 Å². The van der Waals surface area contributed by atoms with E-state index in [1.807, 2.05) is 0 Å². The van der Waals surface area contributed by atoms with Crippen molar-refractivity contribution in [2.75, 3.05) is 20.3 Å². The van der Waals surface area contributed by atoms with Gasteiger partial charge in [0.15, 0.2) is 0 Å². The minimum Gasteiger partial charge on any atom is -0.468 e. The highest BCUT2D eigenvalue weighted by molar-refractivity contribution is 6.45. The summed E-state index contributed by atoms with van der Waals surface area (Å²) in [5.41, 5.74) is -0.709. The highest BCUT2D eigenvalue weighted by atomic mass is 16.7. The van der Waals surface area contributed by atoms with Crippen LogP contribution in [-0.4, -0.2) is 56.7 Å². The third-order valence-corrected chi connectivity index (χ3v) is 6.10. The number of hydrogen-bond donors (Lipinski definition) is 1. The standard InChI is InChI=1S/C16H28BNO5/c1-14(2)15(3,4)23-17(22-14)8-6-7-16-10-21-11(16)9-18-12(16)13(19)20-5/h11-12,18H,6-10H2,1-5H3/t11-,12-,16+/m0/s1. The lowest BCUT2D eigenvalue weighted by Crippen LogP contribution is -2.57. The van der Waals surface area contributed by atoms with Crippen LogP contribution in [0.4, 0.5) is 0 Å². The zero-order chi connectivity index (χ0) is 16.9. The first-order valence-electron chi connectivity index (χ1n) is 8.50. The summed E-state index contributed by atoms with van der Waals surface area (Å²) in [6, 6.07) is -0.260. The van der Waals surface area contributed by atoms with Crippen LogP contribution >= 0.6 is 0 Å². The first-order chi connectivity index (χ1) is 10.7. The summed E-state index contributed by atoms with van der Waals surface area (Å²) in [5, 5.41) is 3.25. The van der Waals surface area contributed by atoms with Crippen LogP contribution in [0.5, 0.6) is 0 Å². The van der Waals surface area contributed by atoms with Gasteiger partial charge in [-0.1, -0.05) is 6.42 Å². The van der Waals surface area contributed by atoms with Gasteiger partial charge in [0.1, 0.15) is 6.04 Å². The predicted molar refractivity (Wildman–Crippen MR) is 86.1 cm³/mol. The number of rotatable bonds is 5. The summed E-state index contributed by atoms with van der Waals surface area (Å²) in [7, 11) is 1.26. The third-order valence-electron chi connectivity index (χ3n) is 6.10. The minimum atomic E-state index is -0.290. The van der Waals surface area contributed by atoms with Crippen LogP contribution in [-0.2, 0) is 23.6 Å². The Hall–Kier alpha value is -0.625. The fourth-order valence-corrected chi connectivity index (χ4v) is 3.87. The van der Waals surface area contributed by atoms with Gasteiger partial charge in [-0.25, -0.2) is 0 Å². The molecule has 3 heterocycles. The number of hydrogen-bond acceptors (Lipinski definition) is 6. The predicted octanol–water partition coefficient (Wildman–Crippen LogP) is 1.39. The maximum Gasteiger partial charge on any atom is 0.457 e. The molecule has 0 aromatic rings. The average molecular weight is 325 g/mol. The van der Waals surface area contributed by atoms with Crippen LogP contribution < -0.4 is 5.32 Å². The van der Waals surface area contributed by atoms with Crippen molar-refractivity contribution in [3.8, 4) is 0 Å². The Morgan fingerprint density at radius 3 is 2.43 bits per heavy atom. The van der Waals surface area contributed by atoms with Crippen molar-refractivity contribution in [1.29, 1.82) is 0 Å². The monoisotopic (exact) mass is 325 g/mol. The number of methoxy groups -OCH3 is 1. The van der Waals surface area contributed by atoms with Gasteiger partial charge in [0.2, 0.25) is 0 Å². The largest absolute Gasteiger partial charge is 0.468 e. The van der Waals surface area contributed by atoms with E-state index in [-0.39, 0.29) is 41.9 Å². The molecule has 7 heteroatoms. The van der Waals surface area contributed by atoms with Crippen molar-refractivity contribution in [2.45, 2.75) is 70.2 Å². The number of fused-ring (bicyclic) bond motifs is 1. The molecule has 3 aliphatic heterocycles. The molecule has 6 nitrogen and oxygen atoms in total. The highest BCUT2D eigenvalue weighted by Crippen LogP contribution is 2.47. The first-order valence-corrected chi connectivity index (χ1v) is 8.50. The van der Waals surface area contributed by atoms with Crippen molar-refractivity contribution in [1.82, 2.24) is 5.32 Å². The lowest BCUT2D eigenvalue weighted by Gasteiger charge is -2.46. The summed E-state index contributed by atoms with van der Waals surface area (Å²) < 4.78 is 22.7. The van der Waals surface area contributed by atoms with Crippen LogP contribution in [0, 0.1) is 5.41 Å². The summed E-state index contributed by atoms with van der Waals surface area (Å²) in [6.45, 7) is 9.60. The number of carbonyl (C=O) groups excluding carboxylic acids is 1. The molecule has 23 heavy (non-hydrogen) atoms. The van der Waals surface area contributed by atoms with Gasteiger partial charge in [0, 0.05) is 12.0 Å². The van der Waals surface area contributed by atoms with Crippen LogP contribution in [0.25, 0.3) is 0 Å². The highest BCUT2D eigenvalue weighted by Gasteiger charge is 2.60. The van der Waals surface area contributed by atoms with Crippen LogP contribution in [0.2, 0.25) is 6.32 Å². The second-order valence-corrected chi connectivity index (χ2v) is 7.98. The van der Waals surface area contributed by atoms with Gasteiger partial charge in [-0.15, -0.1) is 0 Å². The first kappa shape index (κ1) is 17.2. The van der Waals surface area contributed by atoms with Crippen LogP contribution in [0.1, 0.15) is 40.5 Å². The van der Waals surface area contributed by atoms with E-state index in [2.05, 4.69) is 33.0 Å². The lowest BCUT2D eigenvalue weighted by molar-refractivity contribution is -0.184. The molecule has 0 bridgehead atoms. The molecule has 0 unspecified atom stereocenters. The van der Waals surface area contributed by atoms with Crippen LogP contribution in [0.15, 0.2) is 0 Å². The Morgan fingerprint density at radius 2 is 1.91 bits per heavy atom. The van der Waals surface area contributed by atoms with Gasteiger partial charge in [0.05, 0.1) is 31.0 Å². The second-order valence-electron chi connectivity index (χ2n) is 7.98. The average Bonchev–Trinajstić information content (AvgIpc) is 2.81. The Morgan fingerprint density at radius 1 is 1.26 bits per heavy atom. The molecule has 3 rings (SSSR count). The van der Waals surface area contributed by atoms with Gasteiger partial charge >= 0.3 is 13.1 Å². The fourth-order valence-electron chi connectivity index (χ4n) is 3.87. The molecule has 0 saturated carbocycles. The van der Waals surface area contributed by atoms with Gasteiger partial charge in [-0.3, -0.25) is 4.79 Å². The smallest absolute Gasteiger partial charge is 0.457 e. The molecule has 3 saturated heterocycles. The summed E-state index contributed by atoms with van der Waals surface area (Å²) in [5.74, 6) is -0.188. The van der Waals surface area contributed by atoms with Crippen molar-refractivity contribution in [3.63, 3.8) is 0 Å². The van der Waals surface area contributed by atoms with E-state index in [0.29, 0.717) is 6.61 Å². The molecule has 0 aromatic heterocycles. The molecular weight excluding hydrogens is 297 g/mol. The van der Waals surface area contributed by atoms with E-state index < -0.39 is 0 Å². The quantitative estimate of drug-likeness (QED) is 0.609. The number of nitrogens with one attached hydrogen (secondary N) is 1. The van der Waals surface area contributed by atoms with Crippen molar-refractivity contribution in [3.05, 3.63) is 0 Å². The number of carbonyl (C=O) groups is 1. The van der Waals surface area contributed by atoms with E-state index in [1.54, 1.807) is 0 Å². The Kier molecular flexibility index (Phi) is 4.28. The zero-order valence-corrected chi connectivity index (χ0v) is 14.8. The fraction of sp³-hybridized carbons (Fsp3) is 0.938. The number of esters is 1. The molecule has 3 atom stereocenters. The Bertz CT molecular complexity index is 467. The summed E-state index contributed by atoms with van der Waals surface area (Å²) in [6.07, 6.45) is 2.79. The molecule has 0 radical (unpaired) electrons. The van der Waals surface area contributed by atoms with E-state index >= 15 is 0 Å². The van der Waals surface area contributed by atoms with Gasteiger partial charge < -0.3 is 24.1 Å². The lowest BCUT2D eigenvalue weighted by atomic mass is 9.69. The van der Waals surface area contributed by atoms with E-state index in [0.717, 1.165) is 25.7 Å². The topological polar surface area (TPSA) is 66.0 Å². The molecule has 0 aliphatic carbocycles. The molecule has 3 fully saturated rings. The van der Waals surface area contributed by atoms with Crippen molar-refractivity contribution >= 4 is 13.1 Å². The molecule has 0 amide bonds. The third kappa shape index (κ3) is 2.71. The molecule has 0 aromatic carbocycles. The SMILES string of the molecule is COC(=O)[C@@H]1NC[C@@H]2OC[C@]21CCCB1OC(C)(C)C(C)(C)O1. The van der Waals surface area contributed by atoms with Gasteiger partial charge in [0.25, 0.3) is 0 Å². The van der Waals surface area contributed by atoms with E-state index in [1.165, 1.54) is 7.11 Å². The summed E-state index contributed by atoms with van der Waals surface area (Å²) in [4.78, 5) is 12.0. The van der Waals surface area contributed by atoms with Gasteiger partial charge in [-0.05, 0) is 40.4 Å². The maximum absolute atomic E-state index is 12.0. The zero-order valence-electron chi connectivity index (χ0n) is 14.8. The van der Waals surface area contributed by atoms with Crippen molar-refractivity contribution in [2.24, 2.45) is 5.41 Å². The van der Waals surface area contributed by atoms with Gasteiger partial charge in [-0.2, -0.15) is 0 Å². The molecule has 3 aliphatic rings. The number of ether oxygens (including phenoxy) is 2. The second kappa shape index (κ2) is 5.72. The van der Waals surface area contributed by atoms with E-state index in [4.69, 9.17) is 18.8 Å². The minimum absolute atomic E-state index is 0.116. The maximum atomic E-state index is 12.0. The molecular formula is C16H28BNO5. The molecule has 0 spiro atoms. The molecule has 130 valence electrons. The Balaban J connectivity index is 1.55. The van der Waals surface area contributed by atoms with Crippen molar-refractivity contribution < 1.29 is 23.6 Å². The van der Waals surface area contributed by atoms with E-state index in [9.17, 15) is 4.79 Å². The summed E-state index contributed by atoms with van der Waals surface area (Å²) >= 11 is 0. The molecule has 1 N–H and O–H groups in total. The normalized spacial score (nSPS) is 37.3. The Labute approximate surface area is 138 Å².